The Morgan fingerprint density at radius 1 is 0.288 bits per heavy atom. The second-order valence-electron chi connectivity index (χ2n) is 12.6. The zero-order valence-corrected chi connectivity index (χ0v) is 28.5. The molecule has 0 saturated carbocycles. The van der Waals surface area contributed by atoms with Crippen LogP contribution in [0.2, 0.25) is 0 Å². The molecule has 8 aromatic carbocycles. The monoisotopic (exact) mass is 669 g/mol. The predicted octanol–water partition coefficient (Wildman–Crippen LogP) is 14.0. The molecule has 0 fully saturated rings. The Kier molecular flexibility index (Phi) is 8.16. The molecule has 0 spiro atoms. The quantitative estimate of drug-likeness (QED) is 0.153. The maximum Gasteiger partial charge on any atom is 0.159 e. The van der Waals surface area contributed by atoms with E-state index >= 15 is 0 Å². The second kappa shape index (κ2) is 13.7. The first kappa shape index (κ1) is 31.0. The van der Waals surface area contributed by atoms with Gasteiger partial charge in [-0.25, -0.2) is 0 Å². The third kappa shape index (κ3) is 5.72. The number of anilines is 9. The molecule has 9 aromatic rings. The average Bonchev–Trinajstić information content (AvgIpc) is 3.60. The zero-order chi connectivity index (χ0) is 34.7. The minimum absolute atomic E-state index is 0.807. The lowest BCUT2D eigenvalue weighted by Gasteiger charge is -2.29. The molecule has 0 bridgehead atoms. The second-order valence-corrected chi connectivity index (χ2v) is 12.6. The molecule has 0 aliphatic rings. The van der Waals surface area contributed by atoms with E-state index in [0.29, 0.717) is 0 Å². The van der Waals surface area contributed by atoms with Crippen LogP contribution < -0.4 is 14.7 Å². The smallest absolute Gasteiger partial charge is 0.159 e. The highest BCUT2D eigenvalue weighted by Crippen LogP contribution is 2.50. The third-order valence-electron chi connectivity index (χ3n) is 9.37. The summed E-state index contributed by atoms with van der Waals surface area (Å²) in [6.45, 7) is 0. The number of nitrogens with zero attached hydrogens (tertiary/aromatic N) is 3. The molecule has 4 heteroatoms. The number of benzene rings is 8. The summed E-state index contributed by atoms with van der Waals surface area (Å²) in [4.78, 5) is 6.95. The van der Waals surface area contributed by atoms with Crippen molar-refractivity contribution in [3.05, 3.63) is 212 Å². The molecule has 0 amide bonds. The van der Waals surface area contributed by atoms with Crippen molar-refractivity contribution in [2.45, 2.75) is 0 Å². The molecule has 9 rings (SSSR count). The van der Waals surface area contributed by atoms with Crippen LogP contribution in [0.5, 0.6) is 0 Å². The van der Waals surface area contributed by atoms with Crippen LogP contribution in [0.4, 0.5) is 51.2 Å². The summed E-state index contributed by atoms with van der Waals surface area (Å²) in [6.07, 6.45) is 0. The van der Waals surface area contributed by atoms with Crippen molar-refractivity contribution in [1.29, 1.82) is 0 Å². The minimum atomic E-state index is 0.807. The summed E-state index contributed by atoms with van der Waals surface area (Å²) in [6, 6.07) is 74.2. The van der Waals surface area contributed by atoms with Crippen LogP contribution in [0.25, 0.3) is 21.9 Å². The van der Waals surface area contributed by atoms with Crippen LogP contribution in [0.3, 0.4) is 0 Å². The van der Waals surface area contributed by atoms with Crippen LogP contribution in [-0.4, -0.2) is 0 Å². The van der Waals surface area contributed by atoms with Crippen molar-refractivity contribution in [3.8, 4) is 0 Å². The van der Waals surface area contributed by atoms with Crippen molar-refractivity contribution in [2.24, 2.45) is 0 Å². The molecule has 0 unspecified atom stereocenters. The molecule has 248 valence electrons. The van der Waals surface area contributed by atoms with Crippen molar-refractivity contribution in [3.63, 3.8) is 0 Å². The van der Waals surface area contributed by atoms with E-state index in [-0.39, 0.29) is 0 Å². The van der Waals surface area contributed by atoms with Crippen LogP contribution in [-0.2, 0) is 0 Å². The van der Waals surface area contributed by atoms with Gasteiger partial charge in [0.15, 0.2) is 5.58 Å². The number of hydrogen-bond acceptors (Lipinski definition) is 4. The van der Waals surface area contributed by atoms with Gasteiger partial charge in [0.05, 0.1) is 16.8 Å². The van der Waals surface area contributed by atoms with Gasteiger partial charge in [-0.05, 0) is 97.1 Å². The standard InChI is InChI=1S/C48H35N3O/c1-7-20-36(21-8-1)49(37-22-9-2-10-23-37)42-34-43-47-44(50(38-24-11-3-12-25-38)39-26-13-4-14-27-39)32-19-33-46(47)52-48(43)45(35-42)51(40-28-15-5-16-29-40)41-30-17-6-18-31-41/h1-35H. The highest BCUT2D eigenvalue weighted by atomic mass is 16.3. The first-order chi connectivity index (χ1) is 25.8. The Hall–Kier alpha value is -7.04. The van der Waals surface area contributed by atoms with Gasteiger partial charge < -0.3 is 19.1 Å². The maximum absolute atomic E-state index is 7.03. The van der Waals surface area contributed by atoms with Gasteiger partial charge in [0, 0.05) is 45.2 Å². The van der Waals surface area contributed by atoms with Gasteiger partial charge in [-0.15, -0.1) is 0 Å². The molecular formula is C48H35N3O. The van der Waals surface area contributed by atoms with Gasteiger partial charge in [0.1, 0.15) is 5.58 Å². The molecular weight excluding hydrogens is 635 g/mol. The van der Waals surface area contributed by atoms with E-state index in [4.69, 9.17) is 4.42 Å². The topological polar surface area (TPSA) is 22.9 Å². The van der Waals surface area contributed by atoms with Crippen molar-refractivity contribution in [2.75, 3.05) is 14.7 Å². The fraction of sp³-hybridized carbons (Fsp3) is 0. The Morgan fingerprint density at radius 3 is 1.06 bits per heavy atom. The molecule has 52 heavy (non-hydrogen) atoms. The van der Waals surface area contributed by atoms with E-state index in [1.165, 1.54) is 0 Å². The molecule has 0 saturated heterocycles. The molecule has 1 heterocycles. The number of para-hydroxylation sites is 6. The summed E-state index contributed by atoms with van der Waals surface area (Å²) < 4.78 is 7.03. The van der Waals surface area contributed by atoms with E-state index in [1.807, 2.05) is 0 Å². The number of furan rings is 1. The van der Waals surface area contributed by atoms with E-state index in [1.54, 1.807) is 0 Å². The average molecular weight is 670 g/mol. The summed E-state index contributed by atoms with van der Waals surface area (Å²) >= 11 is 0. The van der Waals surface area contributed by atoms with Crippen molar-refractivity contribution in [1.82, 2.24) is 0 Å². The summed E-state index contributed by atoms with van der Waals surface area (Å²) in [5.74, 6) is 0. The van der Waals surface area contributed by atoms with Crippen molar-refractivity contribution >= 4 is 73.1 Å². The Morgan fingerprint density at radius 2 is 0.654 bits per heavy atom. The lowest BCUT2D eigenvalue weighted by molar-refractivity contribution is 0.669. The maximum atomic E-state index is 7.03. The first-order valence-electron chi connectivity index (χ1n) is 17.5. The van der Waals surface area contributed by atoms with E-state index in [9.17, 15) is 0 Å². The fourth-order valence-electron chi connectivity index (χ4n) is 7.12. The van der Waals surface area contributed by atoms with Crippen molar-refractivity contribution < 1.29 is 4.42 Å². The first-order valence-corrected chi connectivity index (χ1v) is 17.5. The van der Waals surface area contributed by atoms with Gasteiger partial charge in [-0.1, -0.05) is 115 Å². The minimum Gasteiger partial charge on any atom is -0.454 e. The predicted molar refractivity (Wildman–Crippen MR) is 218 cm³/mol. The lowest BCUT2D eigenvalue weighted by atomic mass is 10.0. The van der Waals surface area contributed by atoms with Gasteiger partial charge in [-0.3, -0.25) is 0 Å². The number of fused-ring (bicyclic) bond motifs is 3. The number of rotatable bonds is 9. The zero-order valence-electron chi connectivity index (χ0n) is 28.5. The summed E-state index contributed by atoms with van der Waals surface area (Å²) in [5.41, 5.74) is 10.9. The summed E-state index contributed by atoms with van der Waals surface area (Å²) in [5, 5.41) is 2.05. The Balaban J connectivity index is 1.40. The van der Waals surface area contributed by atoms with Gasteiger partial charge in [0.25, 0.3) is 0 Å². The molecule has 1 aromatic heterocycles. The fourth-order valence-corrected chi connectivity index (χ4v) is 7.12. The summed E-state index contributed by atoms with van der Waals surface area (Å²) in [7, 11) is 0. The van der Waals surface area contributed by atoms with E-state index in [2.05, 4.69) is 227 Å². The van der Waals surface area contributed by atoms with E-state index < -0.39 is 0 Å². The normalized spacial score (nSPS) is 11.1. The third-order valence-corrected chi connectivity index (χ3v) is 9.37. The SMILES string of the molecule is c1ccc(N(c2ccccc2)c2cc(N(c3ccccc3)c3ccccc3)c3oc4cccc(N(c5ccccc5)c5ccccc5)c4c3c2)cc1. The number of hydrogen-bond donors (Lipinski definition) is 0. The molecule has 4 nitrogen and oxygen atoms in total. The van der Waals surface area contributed by atoms with Gasteiger partial charge >= 0.3 is 0 Å². The highest BCUT2D eigenvalue weighted by Gasteiger charge is 2.26. The molecule has 0 N–H and O–H groups in total. The van der Waals surface area contributed by atoms with E-state index in [0.717, 1.165) is 73.1 Å². The lowest BCUT2D eigenvalue weighted by Crippen LogP contribution is -2.13. The molecule has 0 aliphatic carbocycles. The Bertz CT molecular complexity index is 2440. The molecule has 0 radical (unpaired) electrons. The largest absolute Gasteiger partial charge is 0.454 e. The Labute approximate surface area is 303 Å². The van der Waals surface area contributed by atoms with Crippen LogP contribution in [0, 0.1) is 0 Å². The van der Waals surface area contributed by atoms with Crippen LogP contribution in [0.1, 0.15) is 0 Å². The molecule has 0 atom stereocenters. The van der Waals surface area contributed by atoms with Gasteiger partial charge in [-0.2, -0.15) is 0 Å². The molecule has 0 aliphatic heterocycles. The van der Waals surface area contributed by atoms with Crippen LogP contribution >= 0.6 is 0 Å². The van der Waals surface area contributed by atoms with Crippen LogP contribution in [0.15, 0.2) is 217 Å². The highest BCUT2D eigenvalue weighted by molar-refractivity contribution is 6.18. The van der Waals surface area contributed by atoms with Gasteiger partial charge in [0.2, 0.25) is 0 Å².